The molecule has 19 heavy (non-hydrogen) atoms. The first-order valence-electron chi connectivity index (χ1n) is 6.49. The molecule has 0 bridgehead atoms. The fourth-order valence-corrected chi connectivity index (χ4v) is 2.99. The summed E-state index contributed by atoms with van der Waals surface area (Å²) >= 11 is 1.83. The maximum absolute atomic E-state index is 6.06. The van der Waals surface area contributed by atoms with E-state index in [0.29, 0.717) is 0 Å². The third-order valence-corrected chi connectivity index (χ3v) is 4.26. The van der Waals surface area contributed by atoms with Crippen molar-refractivity contribution < 1.29 is 0 Å². The van der Waals surface area contributed by atoms with Gasteiger partial charge < -0.3 is 11.5 Å². The number of benzene rings is 2. The van der Waals surface area contributed by atoms with Crippen molar-refractivity contribution in [2.45, 2.75) is 24.7 Å². The van der Waals surface area contributed by atoms with Crippen molar-refractivity contribution in [3.05, 3.63) is 53.6 Å². The van der Waals surface area contributed by atoms with E-state index < -0.39 is 0 Å². The van der Waals surface area contributed by atoms with Crippen molar-refractivity contribution in [1.82, 2.24) is 0 Å². The predicted octanol–water partition coefficient (Wildman–Crippen LogP) is 3.88. The van der Waals surface area contributed by atoms with Crippen molar-refractivity contribution in [2.75, 3.05) is 17.2 Å². The third-order valence-electron chi connectivity index (χ3n) is 3.10. The van der Waals surface area contributed by atoms with Crippen LogP contribution in [-0.2, 0) is 6.42 Å². The number of nitrogens with two attached hydrogens (primary N) is 2. The first kappa shape index (κ1) is 13.8. The molecule has 2 aromatic rings. The van der Waals surface area contributed by atoms with E-state index in [0.717, 1.165) is 35.5 Å². The number of anilines is 2. The van der Waals surface area contributed by atoms with Gasteiger partial charge in [0.15, 0.2) is 0 Å². The zero-order valence-electron chi connectivity index (χ0n) is 11.2. The van der Waals surface area contributed by atoms with E-state index in [1.54, 1.807) is 0 Å². The van der Waals surface area contributed by atoms with Gasteiger partial charge in [-0.2, -0.15) is 0 Å². The lowest BCUT2D eigenvalue weighted by atomic mass is 10.1. The van der Waals surface area contributed by atoms with Crippen LogP contribution in [0.4, 0.5) is 11.4 Å². The van der Waals surface area contributed by atoms with Gasteiger partial charge in [-0.05, 0) is 54.8 Å². The van der Waals surface area contributed by atoms with Gasteiger partial charge in [0.1, 0.15) is 0 Å². The first-order chi connectivity index (χ1) is 9.16. The average molecular weight is 272 g/mol. The highest BCUT2D eigenvalue weighted by Crippen LogP contribution is 2.28. The summed E-state index contributed by atoms with van der Waals surface area (Å²) in [6.07, 6.45) is 2.19. The fourth-order valence-electron chi connectivity index (χ4n) is 1.99. The molecule has 0 spiro atoms. The molecule has 100 valence electrons. The Kier molecular flexibility index (Phi) is 4.74. The van der Waals surface area contributed by atoms with E-state index >= 15 is 0 Å². The number of hydrogen-bond donors (Lipinski definition) is 2. The van der Waals surface area contributed by atoms with Gasteiger partial charge in [0.05, 0.1) is 0 Å². The number of rotatable bonds is 5. The minimum Gasteiger partial charge on any atom is -0.399 e. The predicted molar refractivity (Wildman–Crippen MR) is 85.5 cm³/mol. The summed E-state index contributed by atoms with van der Waals surface area (Å²) in [7, 11) is 0. The summed E-state index contributed by atoms with van der Waals surface area (Å²) in [4.78, 5) is 1.19. The molecular formula is C16H20N2S. The van der Waals surface area contributed by atoms with Gasteiger partial charge in [-0.1, -0.05) is 24.3 Å². The van der Waals surface area contributed by atoms with Crippen molar-refractivity contribution in [3.63, 3.8) is 0 Å². The lowest BCUT2D eigenvalue weighted by molar-refractivity contribution is 0.933. The van der Waals surface area contributed by atoms with Gasteiger partial charge >= 0.3 is 0 Å². The molecule has 0 heterocycles. The normalized spacial score (nSPS) is 10.6. The quantitative estimate of drug-likeness (QED) is 0.493. The van der Waals surface area contributed by atoms with Gasteiger partial charge in [0.25, 0.3) is 0 Å². The second-order valence-corrected chi connectivity index (χ2v) is 5.82. The lowest BCUT2D eigenvalue weighted by Gasteiger charge is -2.08. The van der Waals surface area contributed by atoms with Crippen LogP contribution < -0.4 is 11.5 Å². The smallest absolute Gasteiger partial charge is 0.0481 e. The van der Waals surface area contributed by atoms with Crippen LogP contribution in [0.15, 0.2) is 47.4 Å². The summed E-state index contributed by atoms with van der Waals surface area (Å²) in [5.74, 6) is 1.07. The molecular weight excluding hydrogens is 252 g/mol. The van der Waals surface area contributed by atoms with Crippen molar-refractivity contribution in [1.29, 1.82) is 0 Å². The largest absolute Gasteiger partial charge is 0.399 e. The molecule has 4 N–H and O–H groups in total. The summed E-state index contributed by atoms with van der Waals surface area (Å²) in [5.41, 5.74) is 16.0. The summed E-state index contributed by atoms with van der Waals surface area (Å²) in [6, 6.07) is 14.3. The molecule has 2 rings (SSSR count). The van der Waals surface area contributed by atoms with Crippen LogP contribution in [0.25, 0.3) is 0 Å². The number of aryl methyl sites for hydroxylation is 2. The Labute approximate surface area is 119 Å². The molecule has 0 saturated heterocycles. The number of hydrogen-bond acceptors (Lipinski definition) is 3. The highest BCUT2D eigenvalue weighted by atomic mass is 32.2. The lowest BCUT2D eigenvalue weighted by Crippen LogP contribution is -1.94. The molecule has 0 aromatic heterocycles. The molecule has 0 saturated carbocycles. The minimum atomic E-state index is 0.841. The third kappa shape index (κ3) is 3.93. The summed E-state index contributed by atoms with van der Waals surface area (Å²) < 4.78 is 0. The van der Waals surface area contributed by atoms with Crippen LogP contribution in [0.2, 0.25) is 0 Å². The van der Waals surface area contributed by atoms with Gasteiger partial charge in [-0.15, -0.1) is 11.8 Å². The Morgan fingerprint density at radius 3 is 2.63 bits per heavy atom. The van der Waals surface area contributed by atoms with Crippen molar-refractivity contribution in [2.24, 2.45) is 0 Å². The Morgan fingerprint density at radius 1 is 1.05 bits per heavy atom. The molecule has 0 atom stereocenters. The maximum Gasteiger partial charge on any atom is 0.0481 e. The standard InChI is InChI=1S/C16H20N2S/c1-12-5-2-9-15(16(12)18)19-10-4-7-13-6-3-8-14(17)11-13/h2-3,5-6,8-9,11H,4,7,10,17-18H2,1H3. The van der Waals surface area contributed by atoms with Gasteiger partial charge in [0, 0.05) is 16.3 Å². The fraction of sp³-hybridized carbons (Fsp3) is 0.250. The van der Waals surface area contributed by atoms with Crippen molar-refractivity contribution >= 4 is 23.1 Å². The van der Waals surface area contributed by atoms with Crippen molar-refractivity contribution in [3.8, 4) is 0 Å². The van der Waals surface area contributed by atoms with E-state index in [-0.39, 0.29) is 0 Å². The average Bonchev–Trinajstić information content (AvgIpc) is 2.39. The molecule has 0 unspecified atom stereocenters. The maximum atomic E-state index is 6.06. The highest BCUT2D eigenvalue weighted by Gasteiger charge is 2.02. The molecule has 0 aliphatic rings. The van der Waals surface area contributed by atoms with Crippen LogP contribution in [0, 0.1) is 6.92 Å². The van der Waals surface area contributed by atoms with E-state index in [1.165, 1.54) is 10.5 Å². The van der Waals surface area contributed by atoms with E-state index in [4.69, 9.17) is 11.5 Å². The molecule has 2 aromatic carbocycles. The van der Waals surface area contributed by atoms with Gasteiger partial charge in [-0.25, -0.2) is 0 Å². The molecule has 0 aliphatic heterocycles. The number of nitrogen functional groups attached to an aromatic ring is 2. The molecule has 2 nitrogen and oxygen atoms in total. The summed E-state index contributed by atoms with van der Waals surface area (Å²) in [5, 5.41) is 0. The molecule has 0 fully saturated rings. The van der Waals surface area contributed by atoms with Gasteiger partial charge in [0.2, 0.25) is 0 Å². The zero-order valence-corrected chi connectivity index (χ0v) is 12.0. The van der Waals surface area contributed by atoms with Crippen LogP contribution in [0.3, 0.4) is 0 Å². The van der Waals surface area contributed by atoms with Gasteiger partial charge in [-0.3, -0.25) is 0 Å². The van der Waals surface area contributed by atoms with Crippen LogP contribution >= 0.6 is 11.8 Å². The molecule has 0 aliphatic carbocycles. The minimum absolute atomic E-state index is 0.841. The second-order valence-electron chi connectivity index (χ2n) is 4.68. The second kappa shape index (κ2) is 6.53. The van der Waals surface area contributed by atoms with Crippen LogP contribution in [0.1, 0.15) is 17.5 Å². The molecule has 3 heteroatoms. The monoisotopic (exact) mass is 272 g/mol. The SMILES string of the molecule is Cc1cccc(SCCCc2cccc(N)c2)c1N. The van der Waals surface area contributed by atoms with E-state index in [9.17, 15) is 0 Å². The van der Waals surface area contributed by atoms with E-state index in [2.05, 4.69) is 18.2 Å². The first-order valence-corrected chi connectivity index (χ1v) is 7.47. The Bertz CT molecular complexity index is 552. The molecule has 0 amide bonds. The van der Waals surface area contributed by atoms with E-state index in [1.807, 2.05) is 43.0 Å². The Morgan fingerprint density at radius 2 is 1.84 bits per heavy atom. The topological polar surface area (TPSA) is 52.0 Å². The molecule has 0 radical (unpaired) electrons. The summed E-state index contributed by atoms with van der Waals surface area (Å²) in [6.45, 7) is 2.05. The van der Waals surface area contributed by atoms with Crippen LogP contribution in [-0.4, -0.2) is 5.75 Å². The number of para-hydroxylation sites is 1. The Balaban J connectivity index is 1.82. The number of thioether (sulfide) groups is 1. The zero-order chi connectivity index (χ0) is 13.7. The van der Waals surface area contributed by atoms with Crippen LogP contribution in [0.5, 0.6) is 0 Å². The highest BCUT2D eigenvalue weighted by molar-refractivity contribution is 7.99. The Hall–Kier alpha value is -1.61.